The fourth-order valence-corrected chi connectivity index (χ4v) is 2.40. The third-order valence-electron chi connectivity index (χ3n) is 3.56. The van der Waals surface area contributed by atoms with Crippen LogP contribution < -0.4 is 15.4 Å². The second-order valence-corrected chi connectivity index (χ2v) is 5.03. The van der Waals surface area contributed by atoms with Crippen molar-refractivity contribution in [3.63, 3.8) is 0 Å². The predicted octanol–water partition coefficient (Wildman–Crippen LogP) is 2.12. The van der Waals surface area contributed by atoms with E-state index < -0.39 is 0 Å². The summed E-state index contributed by atoms with van der Waals surface area (Å²) in [7, 11) is 1.65. The van der Waals surface area contributed by atoms with Crippen LogP contribution in [0.25, 0.3) is 0 Å². The van der Waals surface area contributed by atoms with E-state index >= 15 is 0 Å². The van der Waals surface area contributed by atoms with Gasteiger partial charge < -0.3 is 15.4 Å². The third-order valence-corrected chi connectivity index (χ3v) is 3.56. The largest absolute Gasteiger partial charge is 0.497 e. The molecule has 1 aliphatic rings. The van der Waals surface area contributed by atoms with E-state index in [-0.39, 0.29) is 18.3 Å². The zero-order valence-electron chi connectivity index (χ0n) is 11.9. The summed E-state index contributed by atoms with van der Waals surface area (Å²) in [6.45, 7) is 2.64. The van der Waals surface area contributed by atoms with Crippen LogP contribution in [0.4, 0.5) is 0 Å². The van der Waals surface area contributed by atoms with Crippen LogP contribution in [-0.2, 0) is 11.3 Å². The van der Waals surface area contributed by atoms with Gasteiger partial charge in [-0.25, -0.2) is 0 Å². The molecule has 0 unspecified atom stereocenters. The molecule has 112 valence electrons. The van der Waals surface area contributed by atoms with Crippen LogP contribution in [0.2, 0.25) is 0 Å². The van der Waals surface area contributed by atoms with E-state index in [0.29, 0.717) is 18.9 Å². The minimum Gasteiger partial charge on any atom is -0.497 e. The van der Waals surface area contributed by atoms with Crippen LogP contribution in [-0.4, -0.2) is 26.1 Å². The maximum Gasteiger partial charge on any atom is 0.220 e. The minimum atomic E-state index is 0. The Morgan fingerprint density at radius 3 is 2.85 bits per heavy atom. The van der Waals surface area contributed by atoms with Crippen LogP contribution in [0, 0.1) is 5.92 Å². The lowest BCUT2D eigenvalue weighted by molar-refractivity contribution is -0.122. The van der Waals surface area contributed by atoms with Crippen LogP contribution >= 0.6 is 12.4 Å². The normalized spacial score (nSPS) is 15.2. The van der Waals surface area contributed by atoms with Crippen molar-refractivity contribution in [2.45, 2.75) is 25.8 Å². The smallest absolute Gasteiger partial charge is 0.220 e. The van der Waals surface area contributed by atoms with E-state index in [9.17, 15) is 4.79 Å². The molecule has 0 aliphatic carbocycles. The highest BCUT2D eigenvalue weighted by Crippen LogP contribution is 2.16. The zero-order chi connectivity index (χ0) is 13.5. The Morgan fingerprint density at radius 1 is 1.40 bits per heavy atom. The van der Waals surface area contributed by atoms with Crippen molar-refractivity contribution >= 4 is 18.3 Å². The quantitative estimate of drug-likeness (QED) is 0.875. The monoisotopic (exact) mass is 298 g/mol. The molecule has 1 aliphatic heterocycles. The van der Waals surface area contributed by atoms with E-state index in [1.54, 1.807) is 7.11 Å². The number of benzene rings is 1. The molecule has 2 N–H and O–H groups in total. The van der Waals surface area contributed by atoms with Gasteiger partial charge in [-0.15, -0.1) is 12.4 Å². The van der Waals surface area contributed by atoms with Gasteiger partial charge in [-0.2, -0.15) is 0 Å². The molecule has 1 amide bonds. The second kappa shape index (κ2) is 8.82. The van der Waals surface area contributed by atoms with Crippen molar-refractivity contribution in [2.24, 2.45) is 5.92 Å². The minimum absolute atomic E-state index is 0. The molecular formula is C15H23ClN2O2. The number of methoxy groups -OCH3 is 1. The third kappa shape index (κ3) is 5.39. The van der Waals surface area contributed by atoms with Gasteiger partial charge in [0.2, 0.25) is 5.91 Å². The number of carbonyl (C=O) groups is 1. The number of carbonyl (C=O) groups excluding carboxylic acids is 1. The van der Waals surface area contributed by atoms with Crippen molar-refractivity contribution in [2.75, 3.05) is 20.2 Å². The molecule has 0 saturated carbocycles. The Balaban J connectivity index is 0.00000200. The molecule has 5 heteroatoms. The van der Waals surface area contributed by atoms with E-state index in [0.717, 1.165) is 37.2 Å². The summed E-state index contributed by atoms with van der Waals surface area (Å²) < 4.78 is 5.16. The molecule has 0 bridgehead atoms. The maximum absolute atomic E-state index is 11.9. The first kappa shape index (κ1) is 16.8. The Hall–Kier alpha value is -1.26. The summed E-state index contributed by atoms with van der Waals surface area (Å²) in [4.78, 5) is 11.9. The van der Waals surface area contributed by atoms with E-state index in [2.05, 4.69) is 10.6 Å². The highest BCUT2D eigenvalue weighted by Gasteiger charge is 2.16. The average molecular weight is 299 g/mol. The number of rotatable bonds is 5. The van der Waals surface area contributed by atoms with Gasteiger partial charge in [-0.3, -0.25) is 4.79 Å². The molecule has 0 atom stereocenters. The zero-order valence-corrected chi connectivity index (χ0v) is 12.7. The topological polar surface area (TPSA) is 50.4 Å². The molecule has 1 saturated heterocycles. The van der Waals surface area contributed by atoms with Crippen LogP contribution in [0.1, 0.15) is 24.8 Å². The molecule has 1 fully saturated rings. The standard InChI is InChI=1S/C15H22N2O2.ClH/c1-19-14-4-2-3-13(9-14)11-17-15(18)10-12-5-7-16-8-6-12;/h2-4,9,12,16H,5-8,10-11H2,1H3,(H,17,18);1H. The van der Waals surface area contributed by atoms with Crippen molar-refractivity contribution in [1.29, 1.82) is 0 Å². The Labute approximate surface area is 126 Å². The van der Waals surface area contributed by atoms with Gasteiger partial charge in [0, 0.05) is 13.0 Å². The fourth-order valence-electron chi connectivity index (χ4n) is 2.40. The van der Waals surface area contributed by atoms with Crippen molar-refractivity contribution < 1.29 is 9.53 Å². The summed E-state index contributed by atoms with van der Waals surface area (Å²) in [5.41, 5.74) is 1.07. The second-order valence-electron chi connectivity index (χ2n) is 5.03. The van der Waals surface area contributed by atoms with Crippen LogP contribution in [0.3, 0.4) is 0 Å². The lowest BCUT2D eigenvalue weighted by atomic mass is 9.94. The van der Waals surface area contributed by atoms with Gasteiger partial charge in [0.25, 0.3) is 0 Å². The summed E-state index contributed by atoms with van der Waals surface area (Å²) >= 11 is 0. The highest BCUT2D eigenvalue weighted by molar-refractivity contribution is 5.85. The summed E-state index contributed by atoms with van der Waals surface area (Å²) in [6.07, 6.45) is 2.85. The molecule has 20 heavy (non-hydrogen) atoms. The Kier molecular flexibility index (Phi) is 7.41. The fraction of sp³-hybridized carbons (Fsp3) is 0.533. The number of piperidine rings is 1. The van der Waals surface area contributed by atoms with Gasteiger partial charge in [-0.1, -0.05) is 12.1 Å². The molecule has 1 aromatic carbocycles. The lowest BCUT2D eigenvalue weighted by Gasteiger charge is -2.21. The van der Waals surface area contributed by atoms with Crippen molar-refractivity contribution in [1.82, 2.24) is 10.6 Å². The molecule has 4 nitrogen and oxygen atoms in total. The molecule has 0 aromatic heterocycles. The van der Waals surface area contributed by atoms with E-state index in [1.165, 1.54) is 0 Å². The summed E-state index contributed by atoms with van der Waals surface area (Å²) in [6, 6.07) is 7.78. The average Bonchev–Trinajstić information content (AvgIpc) is 2.46. The van der Waals surface area contributed by atoms with Crippen molar-refractivity contribution in [3.05, 3.63) is 29.8 Å². The van der Waals surface area contributed by atoms with Crippen LogP contribution in [0.15, 0.2) is 24.3 Å². The van der Waals surface area contributed by atoms with E-state index in [1.807, 2.05) is 24.3 Å². The number of nitrogens with one attached hydrogen (secondary N) is 2. The number of halogens is 1. The number of ether oxygens (including phenoxy) is 1. The number of amides is 1. The maximum atomic E-state index is 11.9. The van der Waals surface area contributed by atoms with Crippen molar-refractivity contribution in [3.8, 4) is 5.75 Å². The molecule has 0 radical (unpaired) electrons. The number of hydrogen-bond acceptors (Lipinski definition) is 3. The predicted molar refractivity (Wildman–Crippen MR) is 82.3 cm³/mol. The molecule has 1 heterocycles. The Bertz CT molecular complexity index is 420. The summed E-state index contributed by atoms with van der Waals surface area (Å²) in [5, 5.41) is 6.30. The lowest BCUT2D eigenvalue weighted by Crippen LogP contribution is -2.32. The van der Waals surface area contributed by atoms with Gasteiger partial charge >= 0.3 is 0 Å². The van der Waals surface area contributed by atoms with Gasteiger partial charge in [0.05, 0.1) is 7.11 Å². The first-order valence-corrected chi connectivity index (χ1v) is 6.88. The van der Waals surface area contributed by atoms with Crippen LogP contribution in [0.5, 0.6) is 5.75 Å². The van der Waals surface area contributed by atoms with Gasteiger partial charge in [0.15, 0.2) is 0 Å². The molecular weight excluding hydrogens is 276 g/mol. The van der Waals surface area contributed by atoms with Gasteiger partial charge in [0.1, 0.15) is 5.75 Å². The number of hydrogen-bond donors (Lipinski definition) is 2. The molecule has 2 rings (SSSR count). The Morgan fingerprint density at radius 2 is 2.15 bits per heavy atom. The first-order valence-electron chi connectivity index (χ1n) is 6.88. The molecule has 0 spiro atoms. The van der Waals surface area contributed by atoms with Gasteiger partial charge in [-0.05, 0) is 49.5 Å². The molecule has 1 aromatic rings. The SMILES string of the molecule is COc1cccc(CNC(=O)CC2CCNCC2)c1.Cl. The highest BCUT2D eigenvalue weighted by atomic mass is 35.5. The first-order chi connectivity index (χ1) is 9.28. The van der Waals surface area contributed by atoms with E-state index in [4.69, 9.17) is 4.74 Å². The summed E-state index contributed by atoms with van der Waals surface area (Å²) in [5.74, 6) is 1.51.